The van der Waals surface area contributed by atoms with Crippen LogP contribution in [0.4, 0.5) is 0 Å². The predicted molar refractivity (Wildman–Crippen MR) is 124 cm³/mol. The molecule has 1 fully saturated rings. The summed E-state index contributed by atoms with van der Waals surface area (Å²) in [6, 6.07) is 4.63. The van der Waals surface area contributed by atoms with Gasteiger partial charge in [-0.1, -0.05) is 55.8 Å². The van der Waals surface area contributed by atoms with Crippen LogP contribution in [0.25, 0.3) is 0 Å². The van der Waals surface area contributed by atoms with Gasteiger partial charge in [0.05, 0.1) is 5.41 Å². The third kappa shape index (κ3) is 8.03. The van der Waals surface area contributed by atoms with Gasteiger partial charge < -0.3 is 20.8 Å². The van der Waals surface area contributed by atoms with Gasteiger partial charge in [-0.15, -0.1) is 0 Å². The van der Waals surface area contributed by atoms with Gasteiger partial charge >= 0.3 is 11.9 Å². The number of carbonyl (C=O) groups is 4. The second-order valence-electron chi connectivity index (χ2n) is 9.23. The molecule has 1 aliphatic rings. The van der Waals surface area contributed by atoms with Gasteiger partial charge in [0, 0.05) is 11.4 Å². The van der Waals surface area contributed by atoms with Crippen molar-refractivity contribution in [2.45, 2.75) is 82.7 Å². The standard InChI is InChI=1S/C24H33ClN2O6/c1-24(2,16-8-10-17(25)11-9-16)23(33)27-19(14-15-6-4-3-5-7-15)21(30)26-18(22(31)32)12-13-20(28)29/h8-11,15,18-19H,3-7,12-14H2,1-2H3,(H,26,30)(H,27,33)(H,28,29)(H,31,32)/t18-,19+/m1/s1. The molecule has 2 amide bonds. The number of benzene rings is 1. The van der Waals surface area contributed by atoms with E-state index in [0.29, 0.717) is 11.4 Å². The second kappa shape index (κ2) is 12.0. The topological polar surface area (TPSA) is 133 Å². The lowest BCUT2D eigenvalue weighted by atomic mass is 9.82. The Bertz CT molecular complexity index is 849. The van der Waals surface area contributed by atoms with Crippen LogP contribution in [0.1, 0.15) is 70.8 Å². The molecule has 9 heteroatoms. The summed E-state index contributed by atoms with van der Waals surface area (Å²) >= 11 is 5.96. The monoisotopic (exact) mass is 480 g/mol. The van der Waals surface area contributed by atoms with Crippen LogP contribution in [-0.2, 0) is 24.6 Å². The molecule has 2 rings (SSSR count). The zero-order valence-electron chi connectivity index (χ0n) is 19.1. The maximum Gasteiger partial charge on any atom is 0.326 e. The lowest BCUT2D eigenvalue weighted by Crippen LogP contribution is -2.55. The van der Waals surface area contributed by atoms with E-state index in [0.717, 1.165) is 37.7 Å². The van der Waals surface area contributed by atoms with Crippen molar-refractivity contribution in [2.24, 2.45) is 5.92 Å². The molecule has 0 aromatic heterocycles. The molecule has 8 nitrogen and oxygen atoms in total. The van der Waals surface area contributed by atoms with E-state index in [1.807, 2.05) is 0 Å². The highest BCUT2D eigenvalue weighted by atomic mass is 35.5. The van der Waals surface area contributed by atoms with Gasteiger partial charge in [-0.25, -0.2) is 4.79 Å². The smallest absolute Gasteiger partial charge is 0.326 e. The van der Waals surface area contributed by atoms with Crippen LogP contribution in [0, 0.1) is 5.92 Å². The third-order valence-corrected chi connectivity index (χ3v) is 6.56. The van der Waals surface area contributed by atoms with Crippen LogP contribution in [0.3, 0.4) is 0 Å². The van der Waals surface area contributed by atoms with Gasteiger partial charge in [-0.2, -0.15) is 0 Å². The van der Waals surface area contributed by atoms with Crippen LogP contribution in [0.5, 0.6) is 0 Å². The zero-order valence-corrected chi connectivity index (χ0v) is 19.9. The number of rotatable bonds is 11. The molecular weight excluding hydrogens is 448 g/mol. The van der Waals surface area contributed by atoms with E-state index in [2.05, 4.69) is 10.6 Å². The molecule has 1 aliphatic carbocycles. The maximum absolute atomic E-state index is 13.2. The number of amides is 2. The molecule has 4 N–H and O–H groups in total. The first-order valence-electron chi connectivity index (χ1n) is 11.3. The van der Waals surface area contributed by atoms with Crippen molar-refractivity contribution in [2.75, 3.05) is 0 Å². The molecule has 0 radical (unpaired) electrons. The van der Waals surface area contributed by atoms with Crippen molar-refractivity contribution in [3.05, 3.63) is 34.9 Å². The zero-order chi connectivity index (χ0) is 24.6. The summed E-state index contributed by atoms with van der Waals surface area (Å²) in [4.78, 5) is 48.7. The number of carboxylic acid groups (broad SMARTS) is 2. The normalized spacial score (nSPS) is 16.5. The number of hydrogen-bond acceptors (Lipinski definition) is 4. The number of aliphatic carboxylic acids is 2. The van der Waals surface area contributed by atoms with Crippen LogP contribution in [0.15, 0.2) is 24.3 Å². The number of hydrogen-bond donors (Lipinski definition) is 4. The highest BCUT2D eigenvalue weighted by Crippen LogP contribution is 2.29. The molecule has 1 aromatic rings. The summed E-state index contributed by atoms with van der Waals surface area (Å²) in [6.45, 7) is 3.49. The van der Waals surface area contributed by atoms with Gasteiger partial charge in [0.1, 0.15) is 12.1 Å². The van der Waals surface area contributed by atoms with Crippen LogP contribution < -0.4 is 10.6 Å². The molecule has 0 aliphatic heterocycles. The molecule has 182 valence electrons. The van der Waals surface area contributed by atoms with Crippen LogP contribution in [-0.4, -0.2) is 46.0 Å². The van der Waals surface area contributed by atoms with E-state index in [9.17, 15) is 24.3 Å². The van der Waals surface area contributed by atoms with Crippen molar-refractivity contribution < 1.29 is 29.4 Å². The number of nitrogens with one attached hydrogen (secondary N) is 2. The Labute approximate surface area is 199 Å². The minimum atomic E-state index is -1.34. The minimum Gasteiger partial charge on any atom is -0.481 e. The van der Waals surface area contributed by atoms with Crippen molar-refractivity contribution >= 4 is 35.4 Å². The highest BCUT2D eigenvalue weighted by molar-refractivity contribution is 6.30. The summed E-state index contributed by atoms with van der Waals surface area (Å²) < 4.78 is 0. The third-order valence-electron chi connectivity index (χ3n) is 6.31. The Hall–Kier alpha value is -2.61. The molecule has 0 heterocycles. The second-order valence-corrected chi connectivity index (χ2v) is 9.67. The average molecular weight is 481 g/mol. The quantitative estimate of drug-likeness (QED) is 0.383. The average Bonchev–Trinajstić information content (AvgIpc) is 2.76. The lowest BCUT2D eigenvalue weighted by Gasteiger charge is -2.31. The predicted octanol–water partition coefficient (Wildman–Crippen LogP) is 3.51. The van der Waals surface area contributed by atoms with E-state index < -0.39 is 35.3 Å². The van der Waals surface area contributed by atoms with E-state index in [4.69, 9.17) is 16.7 Å². The molecule has 0 spiro atoms. The fourth-order valence-electron chi connectivity index (χ4n) is 4.12. The van der Waals surface area contributed by atoms with Crippen molar-refractivity contribution in [3.8, 4) is 0 Å². The Morgan fingerprint density at radius 3 is 2.15 bits per heavy atom. The molecule has 0 saturated heterocycles. The largest absolute Gasteiger partial charge is 0.481 e. The Morgan fingerprint density at radius 2 is 1.61 bits per heavy atom. The van der Waals surface area contributed by atoms with Gasteiger partial charge in [0.25, 0.3) is 0 Å². The fraction of sp³-hybridized carbons (Fsp3) is 0.583. The molecule has 0 unspecified atom stereocenters. The summed E-state index contributed by atoms with van der Waals surface area (Å²) in [6.07, 6.45) is 4.92. The molecule has 2 atom stereocenters. The van der Waals surface area contributed by atoms with Gasteiger partial charge in [-0.05, 0) is 50.3 Å². The van der Waals surface area contributed by atoms with E-state index in [1.54, 1.807) is 38.1 Å². The number of carbonyl (C=O) groups excluding carboxylic acids is 2. The molecule has 1 aromatic carbocycles. The summed E-state index contributed by atoms with van der Waals surface area (Å²) in [7, 11) is 0. The van der Waals surface area contributed by atoms with Crippen LogP contribution in [0.2, 0.25) is 5.02 Å². The summed E-state index contributed by atoms with van der Waals surface area (Å²) in [5, 5.41) is 24.1. The van der Waals surface area contributed by atoms with Gasteiger partial charge in [0.2, 0.25) is 11.8 Å². The Kier molecular flexibility index (Phi) is 9.70. The van der Waals surface area contributed by atoms with Gasteiger partial charge in [-0.3, -0.25) is 14.4 Å². The minimum absolute atomic E-state index is 0.239. The highest BCUT2D eigenvalue weighted by Gasteiger charge is 2.35. The molecular formula is C24H33ClN2O6. The fourth-order valence-corrected chi connectivity index (χ4v) is 4.25. The first-order chi connectivity index (χ1) is 15.5. The van der Waals surface area contributed by atoms with Crippen LogP contribution >= 0.6 is 11.6 Å². The Morgan fingerprint density at radius 1 is 1.00 bits per heavy atom. The number of halogens is 1. The first kappa shape index (κ1) is 26.6. The molecule has 0 bridgehead atoms. The molecule has 33 heavy (non-hydrogen) atoms. The van der Waals surface area contributed by atoms with Crippen molar-refractivity contribution in [1.82, 2.24) is 10.6 Å². The Balaban J connectivity index is 2.18. The van der Waals surface area contributed by atoms with E-state index >= 15 is 0 Å². The lowest BCUT2D eigenvalue weighted by molar-refractivity contribution is -0.143. The van der Waals surface area contributed by atoms with Crippen molar-refractivity contribution in [3.63, 3.8) is 0 Å². The number of carboxylic acids is 2. The SMILES string of the molecule is CC(C)(C(=O)N[C@@H](CC1CCCCC1)C(=O)N[C@H](CCC(=O)O)C(=O)O)c1ccc(Cl)cc1. The van der Waals surface area contributed by atoms with E-state index in [1.165, 1.54) is 0 Å². The maximum atomic E-state index is 13.2. The van der Waals surface area contributed by atoms with Gasteiger partial charge in [0.15, 0.2) is 0 Å². The van der Waals surface area contributed by atoms with Crippen molar-refractivity contribution in [1.29, 1.82) is 0 Å². The molecule has 1 saturated carbocycles. The first-order valence-corrected chi connectivity index (χ1v) is 11.7. The summed E-state index contributed by atoms with van der Waals surface area (Å²) in [5.41, 5.74) is -0.225. The van der Waals surface area contributed by atoms with E-state index in [-0.39, 0.29) is 24.7 Å². The summed E-state index contributed by atoms with van der Waals surface area (Å²) in [5.74, 6) is -3.19.